The van der Waals surface area contributed by atoms with Crippen molar-refractivity contribution in [2.24, 2.45) is 5.16 Å². The minimum Gasteiger partial charge on any atom is -0.410 e. The van der Waals surface area contributed by atoms with Crippen LogP contribution in [0.4, 0.5) is 0 Å². The molecular formula is C12H15BrN2O2S2. The van der Waals surface area contributed by atoms with E-state index >= 15 is 0 Å². The molecule has 0 spiro atoms. The third-order valence-electron chi connectivity index (χ3n) is 2.37. The highest BCUT2D eigenvalue weighted by Crippen LogP contribution is 2.26. The van der Waals surface area contributed by atoms with E-state index in [9.17, 15) is 4.79 Å². The van der Waals surface area contributed by atoms with Crippen molar-refractivity contribution in [3.05, 3.63) is 28.2 Å². The Morgan fingerprint density at radius 1 is 1.58 bits per heavy atom. The van der Waals surface area contributed by atoms with Gasteiger partial charge in [-0.1, -0.05) is 11.2 Å². The summed E-state index contributed by atoms with van der Waals surface area (Å²) in [4.78, 5) is 12.8. The van der Waals surface area contributed by atoms with Crippen LogP contribution < -0.4 is 5.32 Å². The smallest absolute Gasteiger partial charge is 0.269 e. The number of thiol groups is 1. The van der Waals surface area contributed by atoms with Crippen LogP contribution in [0.3, 0.4) is 0 Å². The van der Waals surface area contributed by atoms with Crippen LogP contribution in [0.2, 0.25) is 0 Å². The maximum absolute atomic E-state index is 11.7. The molecule has 0 saturated carbocycles. The number of carbonyl (C=O) groups excluding carboxylic acids is 1. The van der Waals surface area contributed by atoms with Crippen molar-refractivity contribution in [3.8, 4) is 0 Å². The summed E-state index contributed by atoms with van der Waals surface area (Å²) in [6.45, 7) is 0.441. The average molecular weight is 363 g/mol. The van der Waals surface area contributed by atoms with E-state index in [-0.39, 0.29) is 18.0 Å². The topological polar surface area (TPSA) is 61.7 Å². The van der Waals surface area contributed by atoms with Crippen molar-refractivity contribution < 1.29 is 10.0 Å². The van der Waals surface area contributed by atoms with Crippen molar-refractivity contribution in [2.75, 3.05) is 18.6 Å². The summed E-state index contributed by atoms with van der Waals surface area (Å²) in [5, 5.41) is 14.6. The highest BCUT2D eigenvalue weighted by atomic mass is 79.9. The van der Waals surface area contributed by atoms with Crippen LogP contribution in [-0.2, 0) is 11.2 Å². The van der Waals surface area contributed by atoms with Crippen LogP contribution in [0.1, 0.15) is 5.56 Å². The molecule has 4 nitrogen and oxygen atoms in total. The molecule has 0 bridgehead atoms. The van der Waals surface area contributed by atoms with Gasteiger partial charge in [0.15, 0.2) is 0 Å². The molecule has 1 aromatic rings. The zero-order chi connectivity index (χ0) is 14.3. The van der Waals surface area contributed by atoms with Gasteiger partial charge in [0.05, 0.1) is 0 Å². The van der Waals surface area contributed by atoms with Gasteiger partial charge in [-0.05, 0) is 39.9 Å². The third kappa shape index (κ3) is 5.08. The molecule has 0 aromatic heterocycles. The van der Waals surface area contributed by atoms with Gasteiger partial charge in [0, 0.05) is 28.1 Å². The summed E-state index contributed by atoms with van der Waals surface area (Å²) in [7, 11) is 0. The molecule has 1 aromatic carbocycles. The van der Waals surface area contributed by atoms with Crippen LogP contribution >= 0.6 is 40.3 Å². The van der Waals surface area contributed by atoms with Crippen molar-refractivity contribution in [3.63, 3.8) is 0 Å². The first-order valence-electron chi connectivity index (χ1n) is 5.54. The lowest BCUT2D eigenvalue weighted by Gasteiger charge is -2.07. The van der Waals surface area contributed by atoms with Gasteiger partial charge in [-0.2, -0.15) is 12.6 Å². The van der Waals surface area contributed by atoms with Crippen LogP contribution in [-0.4, -0.2) is 35.4 Å². The number of thioether (sulfide) groups is 1. The van der Waals surface area contributed by atoms with Gasteiger partial charge in [0.25, 0.3) is 5.91 Å². The second kappa shape index (κ2) is 8.50. The van der Waals surface area contributed by atoms with E-state index in [0.717, 1.165) is 14.9 Å². The van der Waals surface area contributed by atoms with Crippen molar-refractivity contribution in [1.82, 2.24) is 5.32 Å². The van der Waals surface area contributed by atoms with Gasteiger partial charge >= 0.3 is 0 Å². The quantitative estimate of drug-likeness (QED) is 0.239. The Hall–Kier alpha value is -0.660. The first-order valence-corrected chi connectivity index (χ1v) is 8.19. The highest BCUT2D eigenvalue weighted by molar-refractivity contribution is 9.10. The molecule has 0 fully saturated rings. The normalized spacial score (nSPS) is 11.4. The predicted octanol–water partition coefficient (Wildman–Crippen LogP) is 2.59. The number of amides is 1. The lowest BCUT2D eigenvalue weighted by atomic mass is 10.1. The van der Waals surface area contributed by atoms with E-state index < -0.39 is 0 Å². The van der Waals surface area contributed by atoms with Gasteiger partial charge < -0.3 is 10.5 Å². The van der Waals surface area contributed by atoms with Crippen LogP contribution in [0.15, 0.2) is 32.7 Å². The van der Waals surface area contributed by atoms with E-state index in [1.807, 2.05) is 24.5 Å². The fourth-order valence-corrected chi connectivity index (χ4v) is 2.93. The Labute approximate surface area is 130 Å². The molecular weight excluding hydrogens is 348 g/mol. The summed E-state index contributed by atoms with van der Waals surface area (Å²) in [5.74, 6) is 0.167. The third-order valence-corrected chi connectivity index (χ3v) is 4.31. The predicted molar refractivity (Wildman–Crippen MR) is 85.7 cm³/mol. The number of hydrogen-bond donors (Lipinski definition) is 3. The second-order valence-electron chi connectivity index (χ2n) is 3.67. The number of benzene rings is 1. The zero-order valence-corrected chi connectivity index (χ0v) is 13.7. The average Bonchev–Trinajstić information content (AvgIpc) is 2.42. The number of rotatable bonds is 6. The van der Waals surface area contributed by atoms with Crippen molar-refractivity contribution >= 4 is 51.9 Å². The molecule has 104 valence electrons. The molecule has 0 radical (unpaired) electrons. The highest BCUT2D eigenvalue weighted by Gasteiger charge is 2.13. The van der Waals surface area contributed by atoms with Crippen molar-refractivity contribution in [2.45, 2.75) is 11.3 Å². The molecule has 0 heterocycles. The number of oxime groups is 1. The van der Waals surface area contributed by atoms with Gasteiger partial charge in [-0.15, -0.1) is 11.8 Å². The van der Waals surface area contributed by atoms with Gasteiger partial charge in [0.1, 0.15) is 5.71 Å². The molecule has 0 aliphatic carbocycles. The lowest BCUT2D eigenvalue weighted by Crippen LogP contribution is -2.33. The Balaban J connectivity index is 2.76. The minimum absolute atomic E-state index is 0.0885. The Morgan fingerprint density at radius 3 is 2.84 bits per heavy atom. The number of hydrogen-bond acceptors (Lipinski definition) is 5. The Morgan fingerprint density at radius 2 is 2.32 bits per heavy atom. The second-order valence-corrected chi connectivity index (χ2v) is 5.82. The molecule has 0 atom stereocenters. The molecule has 0 aliphatic heterocycles. The first kappa shape index (κ1) is 16.4. The van der Waals surface area contributed by atoms with Crippen LogP contribution in [0.5, 0.6) is 0 Å². The Kier molecular flexibility index (Phi) is 7.33. The van der Waals surface area contributed by atoms with Crippen LogP contribution in [0, 0.1) is 0 Å². The summed E-state index contributed by atoms with van der Waals surface area (Å²) in [6.07, 6.45) is 2.27. The standard InChI is InChI=1S/C12H15BrN2O2S2/c1-19-11-3-2-8(6-9(11)13)7-10(15-17)12(16)14-4-5-18/h2-3,6,17-18H,4-5,7H2,1H3,(H,14,16)/b15-10+. The van der Waals surface area contributed by atoms with Crippen molar-refractivity contribution in [1.29, 1.82) is 0 Å². The number of halogens is 1. The summed E-state index contributed by atoms with van der Waals surface area (Å²) >= 11 is 9.10. The number of nitrogens with one attached hydrogen (secondary N) is 1. The first-order chi connectivity index (χ1) is 9.12. The van der Waals surface area contributed by atoms with Gasteiger partial charge in [-0.3, -0.25) is 4.79 Å². The number of nitrogens with zero attached hydrogens (tertiary/aromatic N) is 1. The van der Waals surface area contributed by atoms with E-state index in [4.69, 9.17) is 5.21 Å². The van der Waals surface area contributed by atoms with Gasteiger partial charge in [-0.25, -0.2) is 0 Å². The molecule has 1 rings (SSSR count). The molecule has 1 amide bonds. The molecule has 0 aliphatic rings. The lowest BCUT2D eigenvalue weighted by molar-refractivity contribution is -0.114. The number of carbonyl (C=O) groups is 1. The molecule has 7 heteroatoms. The van der Waals surface area contributed by atoms with E-state index in [1.165, 1.54) is 0 Å². The van der Waals surface area contributed by atoms with E-state index in [2.05, 4.69) is 39.0 Å². The zero-order valence-electron chi connectivity index (χ0n) is 10.4. The summed E-state index contributed by atoms with van der Waals surface area (Å²) in [6, 6.07) is 5.79. The van der Waals surface area contributed by atoms with Crippen LogP contribution in [0.25, 0.3) is 0 Å². The largest absolute Gasteiger partial charge is 0.410 e. The Bertz CT molecular complexity index is 481. The van der Waals surface area contributed by atoms with Gasteiger partial charge in [0.2, 0.25) is 0 Å². The molecule has 19 heavy (non-hydrogen) atoms. The molecule has 0 saturated heterocycles. The summed E-state index contributed by atoms with van der Waals surface area (Å²) < 4.78 is 0.963. The maximum atomic E-state index is 11.7. The maximum Gasteiger partial charge on any atom is 0.269 e. The fourth-order valence-electron chi connectivity index (χ4n) is 1.45. The molecule has 2 N–H and O–H groups in total. The minimum atomic E-state index is -0.374. The SMILES string of the molecule is CSc1ccc(C/C(=N\O)C(=O)NCCS)cc1Br. The van der Waals surface area contributed by atoms with E-state index in [1.54, 1.807) is 11.8 Å². The summed E-state index contributed by atoms with van der Waals surface area (Å²) in [5.41, 5.74) is 0.990. The monoisotopic (exact) mass is 362 g/mol. The fraction of sp³-hybridized carbons (Fsp3) is 0.333. The van der Waals surface area contributed by atoms with E-state index in [0.29, 0.717) is 12.3 Å². The molecule has 0 unspecified atom stereocenters.